The highest BCUT2D eigenvalue weighted by Gasteiger charge is 2.08. The van der Waals surface area contributed by atoms with E-state index in [0.717, 1.165) is 31.7 Å². The fourth-order valence-electron chi connectivity index (χ4n) is 0.980. The van der Waals surface area contributed by atoms with Crippen LogP contribution in [0.3, 0.4) is 0 Å². The summed E-state index contributed by atoms with van der Waals surface area (Å²) in [6.07, 6.45) is -0.0413. The summed E-state index contributed by atoms with van der Waals surface area (Å²) in [5.41, 5.74) is 0.683. The average molecular weight is 269 g/mol. The van der Waals surface area contributed by atoms with E-state index in [1.165, 1.54) is 0 Å². The van der Waals surface area contributed by atoms with E-state index in [0.29, 0.717) is 5.56 Å². The van der Waals surface area contributed by atoms with Crippen LogP contribution < -0.4 is 0 Å². The maximum Gasteiger partial charge on any atom is 0.307 e. The molecular weight excluding hydrogens is 263 g/mol. The number of rotatable bonds is 4. The first-order valence-electron chi connectivity index (χ1n) is 3.59. The first kappa shape index (κ1) is 12.0. The van der Waals surface area contributed by atoms with Crippen LogP contribution in [-0.2, 0) is 11.2 Å². The molecule has 1 N–H and O–H groups in total. The molecule has 0 atom stereocenters. The first-order chi connectivity index (χ1) is 6.67. The van der Waals surface area contributed by atoms with Crippen molar-refractivity contribution in [2.45, 2.75) is 16.2 Å². The molecule has 0 radical (unpaired) electrons. The van der Waals surface area contributed by atoms with E-state index in [4.69, 9.17) is 26.5 Å². The molecule has 0 saturated heterocycles. The Bertz CT molecular complexity index is 344. The number of hydrogen-bond acceptors (Lipinski definition) is 3. The summed E-state index contributed by atoms with van der Waals surface area (Å²) in [4.78, 5) is 12.1. The number of carbonyl (C=O) groups is 1. The van der Waals surface area contributed by atoms with Crippen LogP contribution in [0.15, 0.2) is 28.0 Å². The maximum atomic E-state index is 10.5. The van der Waals surface area contributed by atoms with Gasteiger partial charge in [0, 0.05) is 9.79 Å². The lowest BCUT2D eigenvalue weighted by atomic mass is 10.1. The van der Waals surface area contributed by atoms with Crippen molar-refractivity contribution in [3.63, 3.8) is 0 Å². The Labute approximate surface area is 99.0 Å². The Morgan fingerprint density at radius 3 is 2.57 bits per heavy atom. The highest BCUT2D eigenvalue weighted by Crippen LogP contribution is 2.31. The highest BCUT2D eigenvalue weighted by molar-refractivity contribution is 8.21. The fourth-order valence-corrected chi connectivity index (χ4v) is 2.38. The Morgan fingerprint density at radius 1 is 1.36 bits per heavy atom. The van der Waals surface area contributed by atoms with Gasteiger partial charge < -0.3 is 5.11 Å². The van der Waals surface area contributed by atoms with Gasteiger partial charge in [-0.2, -0.15) is 0 Å². The van der Waals surface area contributed by atoms with Gasteiger partial charge in [-0.3, -0.25) is 4.79 Å². The lowest BCUT2D eigenvalue weighted by molar-refractivity contribution is -0.136. The number of carboxylic acids is 1. The van der Waals surface area contributed by atoms with E-state index in [2.05, 4.69) is 0 Å². The lowest BCUT2D eigenvalue weighted by Gasteiger charge is -2.04. The molecule has 0 unspecified atom stereocenters. The molecule has 0 amide bonds. The Balaban J connectivity index is 3.01. The Morgan fingerprint density at radius 2 is 2.07 bits per heavy atom. The summed E-state index contributed by atoms with van der Waals surface area (Å²) >= 11 is 0. The number of halogens is 2. The van der Waals surface area contributed by atoms with Crippen LogP contribution in [-0.4, -0.2) is 11.1 Å². The van der Waals surface area contributed by atoms with Crippen LogP contribution in [0.4, 0.5) is 0 Å². The van der Waals surface area contributed by atoms with E-state index in [-0.39, 0.29) is 6.42 Å². The zero-order valence-electron chi connectivity index (χ0n) is 6.87. The van der Waals surface area contributed by atoms with E-state index >= 15 is 0 Å². The van der Waals surface area contributed by atoms with Gasteiger partial charge in [0.2, 0.25) is 0 Å². The molecule has 1 rings (SSSR count). The molecule has 0 heterocycles. The molecule has 0 saturated carbocycles. The summed E-state index contributed by atoms with van der Waals surface area (Å²) in [5, 5.41) is 8.66. The number of hydrogen-bond donors (Lipinski definition) is 1. The standard InChI is InChI=1S/C8H6Cl2O2S2/c9-13-6-1-2-7(14-10)5(3-6)4-8(11)12/h1-3H,4H2,(H,11,12). The molecule has 2 nitrogen and oxygen atoms in total. The minimum atomic E-state index is -0.881. The SMILES string of the molecule is O=C(O)Cc1cc(SCl)ccc1SCl. The molecule has 6 heteroatoms. The summed E-state index contributed by atoms with van der Waals surface area (Å²) in [6, 6.07) is 5.30. The van der Waals surface area contributed by atoms with Gasteiger partial charge in [0.05, 0.1) is 6.42 Å². The highest BCUT2D eigenvalue weighted by atomic mass is 35.7. The number of carboxylic acid groups (broad SMARTS) is 1. The van der Waals surface area contributed by atoms with Crippen LogP contribution in [0.25, 0.3) is 0 Å². The van der Waals surface area contributed by atoms with Gasteiger partial charge in [-0.1, -0.05) is 0 Å². The fraction of sp³-hybridized carbons (Fsp3) is 0.125. The van der Waals surface area contributed by atoms with Crippen molar-refractivity contribution in [1.29, 1.82) is 0 Å². The number of aliphatic carboxylic acids is 1. The van der Waals surface area contributed by atoms with Crippen LogP contribution in [0.2, 0.25) is 0 Å². The van der Waals surface area contributed by atoms with Crippen LogP contribution in [0.1, 0.15) is 5.56 Å². The summed E-state index contributed by atoms with van der Waals surface area (Å²) in [5.74, 6) is -0.881. The molecule has 14 heavy (non-hydrogen) atoms. The molecule has 0 aliphatic carbocycles. The van der Waals surface area contributed by atoms with Crippen molar-refractivity contribution in [3.05, 3.63) is 23.8 Å². The predicted octanol–water partition coefficient (Wildman–Crippen LogP) is 3.81. The van der Waals surface area contributed by atoms with E-state index in [1.807, 2.05) is 0 Å². The minimum absolute atomic E-state index is 0.0413. The maximum absolute atomic E-state index is 10.5. The van der Waals surface area contributed by atoms with Gasteiger partial charge in [0.1, 0.15) is 0 Å². The van der Waals surface area contributed by atoms with Crippen molar-refractivity contribution in [1.82, 2.24) is 0 Å². The largest absolute Gasteiger partial charge is 0.481 e. The minimum Gasteiger partial charge on any atom is -0.481 e. The van der Waals surface area contributed by atoms with Crippen LogP contribution in [0.5, 0.6) is 0 Å². The normalized spacial score (nSPS) is 10.1. The second-order valence-electron chi connectivity index (χ2n) is 2.49. The molecule has 0 aromatic heterocycles. The van der Waals surface area contributed by atoms with E-state index in [1.54, 1.807) is 18.2 Å². The molecule has 1 aromatic carbocycles. The van der Waals surface area contributed by atoms with Gasteiger partial charge in [0.25, 0.3) is 0 Å². The topological polar surface area (TPSA) is 37.3 Å². The van der Waals surface area contributed by atoms with E-state index < -0.39 is 5.97 Å². The van der Waals surface area contributed by atoms with Crippen molar-refractivity contribution in [3.8, 4) is 0 Å². The monoisotopic (exact) mass is 268 g/mol. The Hall–Kier alpha value is -0.0300. The zero-order chi connectivity index (χ0) is 10.6. The molecule has 76 valence electrons. The van der Waals surface area contributed by atoms with Crippen molar-refractivity contribution in [2.75, 3.05) is 0 Å². The summed E-state index contributed by atoms with van der Waals surface area (Å²) in [7, 11) is 13.2. The molecule has 0 bridgehead atoms. The third-order valence-electron chi connectivity index (χ3n) is 1.55. The van der Waals surface area contributed by atoms with Crippen molar-refractivity contribution in [2.24, 2.45) is 0 Å². The quantitative estimate of drug-likeness (QED) is 0.901. The average Bonchev–Trinajstić information content (AvgIpc) is 2.16. The molecule has 0 spiro atoms. The van der Waals surface area contributed by atoms with Gasteiger partial charge in [-0.25, -0.2) is 0 Å². The summed E-state index contributed by atoms with van der Waals surface area (Å²) < 4.78 is 0. The first-order valence-corrected chi connectivity index (χ1v) is 6.88. The van der Waals surface area contributed by atoms with Gasteiger partial charge in [-0.05, 0) is 67.1 Å². The van der Waals surface area contributed by atoms with Gasteiger partial charge in [-0.15, -0.1) is 0 Å². The third kappa shape index (κ3) is 3.28. The van der Waals surface area contributed by atoms with Gasteiger partial charge in [0.15, 0.2) is 0 Å². The molecule has 0 aliphatic heterocycles. The van der Waals surface area contributed by atoms with Crippen LogP contribution in [0, 0.1) is 0 Å². The molecule has 1 aromatic rings. The lowest BCUT2D eigenvalue weighted by Crippen LogP contribution is -2.01. The predicted molar refractivity (Wildman–Crippen MR) is 61.2 cm³/mol. The van der Waals surface area contributed by atoms with Crippen molar-refractivity contribution < 1.29 is 9.90 Å². The molecule has 0 fully saturated rings. The van der Waals surface area contributed by atoms with Crippen LogP contribution >= 0.6 is 43.3 Å². The zero-order valence-corrected chi connectivity index (χ0v) is 10.0. The Kier molecular flexibility index (Phi) is 4.95. The van der Waals surface area contributed by atoms with E-state index in [9.17, 15) is 4.79 Å². The smallest absolute Gasteiger partial charge is 0.307 e. The van der Waals surface area contributed by atoms with Crippen molar-refractivity contribution >= 4 is 49.3 Å². The summed E-state index contributed by atoms with van der Waals surface area (Å²) in [6.45, 7) is 0. The second-order valence-corrected chi connectivity index (χ2v) is 4.64. The molecular formula is C8H6Cl2O2S2. The molecule has 0 aliphatic rings. The third-order valence-corrected chi connectivity index (χ3v) is 3.58. The second kappa shape index (κ2) is 5.75. The number of benzene rings is 1. The van der Waals surface area contributed by atoms with Gasteiger partial charge >= 0.3 is 5.97 Å².